The SMILES string of the molecule is CCC(C1=CC=C2C=C(OC)C=CC2C1)C(C)O. The molecule has 0 aromatic rings. The van der Waals surface area contributed by atoms with Gasteiger partial charge in [0.2, 0.25) is 0 Å². The molecule has 2 rings (SSSR count). The maximum atomic E-state index is 9.83. The van der Waals surface area contributed by atoms with Gasteiger partial charge in [0.25, 0.3) is 0 Å². The molecule has 2 aliphatic carbocycles. The van der Waals surface area contributed by atoms with Crippen molar-refractivity contribution >= 4 is 0 Å². The Morgan fingerprint density at radius 2 is 2.22 bits per heavy atom. The van der Waals surface area contributed by atoms with Crippen LogP contribution in [0.4, 0.5) is 0 Å². The van der Waals surface area contributed by atoms with Crippen LogP contribution in [0, 0.1) is 11.8 Å². The van der Waals surface area contributed by atoms with Crippen LogP contribution < -0.4 is 0 Å². The summed E-state index contributed by atoms with van der Waals surface area (Å²) in [6.45, 7) is 4.02. The molecule has 0 saturated heterocycles. The van der Waals surface area contributed by atoms with Crippen LogP contribution in [0.25, 0.3) is 0 Å². The minimum absolute atomic E-state index is 0.270. The molecular formula is C16H22O2. The number of aliphatic hydroxyl groups excluding tert-OH is 1. The van der Waals surface area contributed by atoms with Crippen molar-refractivity contribution in [2.45, 2.75) is 32.8 Å². The summed E-state index contributed by atoms with van der Waals surface area (Å²) in [4.78, 5) is 0. The van der Waals surface area contributed by atoms with Crippen molar-refractivity contribution in [1.82, 2.24) is 0 Å². The number of fused-ring (bicyclic) bond motifs is 1. The van der Waals surface area contributed by atoms with Gasteiger partial charge in [0.05, 0.1) is 13.2 Å². The Hall–Kier alpha value is -1.28. The fourth-order valence-corrected chi connectivity index (χ4v) is 2.84. The number of aliphatic hydroxyl groups is 1. The molecule has 0 bridgehead atoms. The summed E-state index contributed by atoms with van der Waals surface area (Å²) in [5, 5.41) is 9.83. The van der Waals surface area contributed by atoms with Crippen LogP contribution in [-0.4, -0.2) is 18.3 Å². The van der Waals surface area contributed by atoms with Crippen molar-refractivity contribution in [3.05, 3.63) is 47.3 Å². The third-order valence-corrected chi connectivity index (χ3v) is 3.91. The van der Waals surface area contributed by atoms with E-state index < -0.39 is 0 Å². The fourth-order valence-electron chi connectivity index (χ4n) is 2.84. The molecule has 0 aromatic carbocycles. The number of ether oxygens (including phenoxy) is 1. The van der Waals surface area contributed by atoms with E-state index in [4.69, 9.17) is 4.74 Å². The lowest BCUT2D eigenvalue weighted by Crippen LogP contribution is -2.22. The van der Waals surface area contributed by atoms with E-state index in [1.807, 2.05) is 13.0 Å². The van der Waals surface area contributed by atoms with E-state index in [1.54, 1.807) is 7.11 Å². The first kappa shape index (κ1) is 13.2. The molecule has 2 aliphatic rings. The summed E-state index contributed by atoms with van der Waals surface area (Å²) >= 11 is 0. The van der Waals surface area contributed by atoms with E-state index >= 15 is 0 Å². The van der Waals surface area contributed by atoms with E-state index in [-0.39, 0.29) is 12.0 Å². The van der Waals surface area contributed by atoms with Crippen LogP contribution in [0.5, 0.6) is 0 Å². The van der Waals surface area contributed by atoms with Crippen molar-refractivity contribution < 1.29 is 9.84 Å². The number of allylic oxidation sites excluding steroid dienone is 6. The summed E-state index contributed by atoms with van der Waals surface area (Å²) in [5.41, 5.74) is 2.67. The van der Waals surface area contributed by atoms with Crippen LogP contribution in [0.15, 0.2) is 47.3 Å². The molecule has 3 unspecified atom stereocenters. The number of hydrogen-bond acceptors (Lipinski definition) is 2. The highest BCUT2D eigenvalue weighted by atomic mass is 16.5. The first-order valence-electron chi connectivity index (χ1n) is 6.68. The van der Waals surface area contributed by atoms with Crippen molar-refractivity contribution in [2.75, 3.05) is 7.11 Å². The smallest absolute Gasteiger partial charge is 0.118 e. The first-order valence-corrected chi connectivity index (χ1v) is 6.68. The predicted octanol–water partition coefficient (Wildman–Crippen LogP) is 3.37. The van der Waals surface area contributed by atoms with Gasteiger partial charge in [-0.2, -0.15) is 0 Å². The van der Waals surface area contributed by atoms with Crippen molar-refractivity contribution in [3.63, 3.8) is 0 Å². The average Bonchev–Trinajstić information content (AvgIpc) is 2.38. The minimum atomic E-state index is -0.270. The second-order valence-electron chi connectivity index (χ2n) is 5.08. The van der Waals surface area contributed by atoms with Crippen molar-refractivity contribution in [1.29, 1.82) is 0 Å². The normalized spacial score (nSPS) is 25.6. The number of rotatable bonds is 4. The second-order valence-corrected chi connectivity index (χ2v) is 5.08. The van der Waals surface area contributed by atoms with Crippen LogP contribution >= 0.6 is 0 Å². The molecular weight excluding hydrogens is 224 g/mol. The highest BCUT2D eigenvalue weighted by Gasteiger charge is 2.25. The monoisotopic (exact) mass is 246 g/mol. The quantitative estimate of drug-likeness (QED) is 0.824. The number of methoxy groups -OCH3 is 1. The van der Waals surface area contributed by atoms with Gasteiger partial charge >= 0.3 is 0 Å². The summed E-state index contributed by atoms with van der Waals surface area (Å²) in [6.07, 6.45) is 12.4. The predicted molar refractivity (Wildman–Crippen MR) is 74.0 cm³/mol. The number of hydrogen-bond donors (Lipinski definition) is 1. The molecule has 0 amide bonds. The lowest BCUT2D eigenvalue weighted by Gasteiger charge is -2.29. The zero-order chi connectivity index (χ0) is 13.1. The molecule has 0 spiro atoms. The molecule has 0 aromatic heterocycles. The molecule has 0 heterocycles. The molecule has 2 heteroatoms. The molecule has 0 aliphatic heterocycles. The lowest BCUT2D eigenvalue weighted by molar-refractivity contribution is 0.138. The molecule has 98 valence electrons. The molecule has 2 nitrogen and oxygen atoms in total. The Morgan fingerprint density at radius 1 is 1.44 bits per heavy atom. The van der Waals surface area contributed by atoms with Gasteiger partial charge in [-0.3, -0.25) is 0 Å². The molecule has 0 radical (unpaired) electrons. The van der Waals surface area contributed by atoms with Gasteiger partial charge in [0.1, 0.15) is 5.76 Å². The van der Waals surface area contributed by atoms with Crippen molar-refractivity contribution in [2.24, 2.45) is 11.8 Å². The topological polar surface area (TPSA) is 29.5 Å². The Balaban J connectivity index is 2.21. The fraction of sp³-hybridized carbons (Fsp3) is 0.500. The third-order valence-electron chi connectivity index (χ3n) is 3.91. The third kappa shape index (κ3) is 2.59. The summed E-state index contributed by atoms with van der Waals surface area (Å²) in [5.74, 6) is 1.64. The van der Waals surface area contributed by atoms with E-state index in [2.05, 4.69) is 31.2 Å². The average molecular weight is 246 g/mol. The van der Waals surface area contributed by atoms with E-state index in [9.17, 15) is 5.11 Å². The van der Waals surface area contributed by atoms with Crippen LogP contribution in [0.1, 0.15) is 26.7 Å². The summed E-state index contributed by atoms with van der Waals surface area (Å²) in [7, 11) is 1.70. The highest BCUT2D eigenvalue weighted by Crippen LogP contribution is 2.36. The van der Waals surface area contributed by atoms with E-state index in [1.165, 1.54) is 11.1 Å². The van der Waals surface area contributed by atoms with Gasteiger partial charge in [0, 0.05) is 11.8 Å². The second kappa shape index (κ2) is 5.57. The van der Waals surface area contributed by atoms with Gasteiger partial charge in [-0.25, -0.2) is 0 Å². The van der Waals surface area contributed by atoms with Crippen molar-refractivity contribution in [3.8, 4) is 0 Å². The molecule has 0 saturated carbocycles. The Kier molecular flexibility index (Phi) is 4.07. The highest BCUT2D eigenvalue weighted by molar-refractivity contribution is 5.43. The maximum Gasteiger partial charge on any atom is 0.118 e. The zero-order valence-corrected chi connectivity index (χ0v) is 11.4. The van der Waals surface area contributed by atoms with Gasteiger partial charge in [0.15, 0.2) is 0 Å². The molecule has 0 fully saturated rings. The summed E-state index contributed by atoms with van der Waals surface area (Å²) < 4.78 is 5.25. The molecule has 3 atom stereocenters. The largest absolute Gasteiger partial charge is 0.497 e. The van der Waals surface area contributed by atoms with Gasteiger partial charge < -0.3 is 9.84 Å². The summed E-state index contributed by atoms with van der Waals surface area (Å²) in [6, 6.07) is 0. The van der Waals surface area contributed by atoms with Gasteiger partial charge in [-0.1, -0.05) is 30.7 Å². The van der Waals surface area contributed by atoms with Gasteiger partial charge in [-0.05, 0) is 37.5 Å². The Morgan fingerprint density at radius 3 is 2.83 bits per heavy atom. The first-order chi connectivity index (χ1) is 8.65. The lowest BCUT2D eigenvalue weighted by atomic mass is 9.78. The maximum absolute atomic E-state index is 9.83. The van der Waals surface area contributed by atoms with E-state index in [0.29, 0.717) is 5.92 Å². The van der Waals surface area contributed by atoms with Crippen LogP contribution in [0.3, 0.4) is 0 Å². The zero-order valence-electron chi connectivity index (χ0n) is 11.4. The molecule has 18 heavy (non-hydrogen) atoms. The standard InChI is InChI=1S/C16H22O2/c1-4-16(11(2)17)14-6-5-13-10-15(18-3)8-7-12(13)9-14/h5-8,10-12,16-17H,4,9H2,1-3H3. The Labute approximate surface area is 109 Å². The van der Waals surface area contributed by atoms with Crippen LogP contribution in [0.2, 0.25) is 0 Å². The van der Waals surface area contributed by atoms with Crippen LogP contribution in [-0.2, 0) is 4.74 Å². The van der Waals surface area contributed by atoms with Gasteiger partial charge in [-0.15, -0.1) is 0 Å². The minimum Gasteiger partial charge on any atom is -0.497 e. The Bertz CT molecular complexity index is 424. The van der Waals surface area contributed by atoms with E-state index in [0.717, 1.165) is 18.6 Å². The molecule has 1 N–H and O–H groups in total.